The second kappa shape index (κ2) is 6.61. The van der Waals surface area contributed by atoms with Crippen molar-refractivity contribution >= 4 is 23.1 Å². The predicted molar refractivity (Wildman–Crippen MR) is 86.7 cm³/mol. The lowest BCUT2D eigenvalue weighted by atomic mass is 10.2. The van der Waals surface area contributed by atoms with Gasteiger partial charge in [0.05, 0.1) is 10.5 Å². The largest absolute Gasteiger partial charge is 0.356 e. The summed E-state index contributed by atoms with van der Waals surface area (Å²) >= 11 is 0. The minimum atomic E-state index is -0.947. The normalized spacial score (nSPS) is 13.8. The number of carbonyl (C=O) groups is 1. The molecule has 1 aromatic carbocycles. The number of carbonyl (C=O) groups excluding carboxylic acids is 1. The van der Waals surface area contributed by atoms with Crippen molar-refractivity contribution in [3.8, 4) is 0 Å². The number of aromatic nitrogens is 1. The standard InChI is InChI=1S/C16H15FN4O3/c17-13-6-5-11(10-14(13)21(23)24)19-16(22)12-4-3-7-18-15(12)20-8-1-2-9-20/h3-7,10H,1-2,8-9H2,(H,19,22). The number of halogens is 1. The Hall–Kier alpha value is -3.03. The molecule has 1 aromatic heterocycles. The molecule has 8 heteroatoms. The smallest absolute Gasteiger partial charge is 0.306 e. The first kappa shape index (κ1) is 15.9. The Morgan fingerprint density at radius 1 is 1.29 bits per heavy atom. The Morgan fingerprint density at radius 2 is 2.04 bits per heavy atom. The lowest BCUT2D eigenvalue weighted by molar-refractivity contribution is -0.387. The van der Waals surface area contributed by atoms with Crippen molar-refractivity contribution in [2.24, 2.45) is 0 Å². The summed E-state index contributed by atoms with van der Waals surface area (Å²) in [5, 5.41) is 13.4. The third kappa shape index (κ3) is 3.17. The topological polar surface area (TPSA) is 88.4 Å². The average molecular weight is 330 g/mol. The molecule has 1 fully saturated rings. The van der Waals surface area contributed by atoms with Crippen LogP contribution in [0.5, 0.6) is 0 Å². The highest BCUT2D eigenvalue weighted by atomic mass is 19.1. The Morgan fingerprint density at radius 3 is 2.75 bits per heavy atom. The van der Waals surface area contributed by atoms with Crippen molar-refractivity contribution in [3.63, 3.8) is 0 Å². The van der Waals surface area contributed by atoms with E-state index >= 15 is 0 Å². The van der Waals surface area contributed by atoms with Gasteiger partial charge in [0.25, 0.3) is 5.91 Å². The maximum absolute atomic E-state index is 13.4. The zero-order valence-corrected chi connectivity index (χ0v) is 12.7. The maximum Gasteiger partial charge on any atom is 0.306 e. The van der Waals surface area contributed by atoms with Crippen LogP contribution in [0.1, 0.15) is 23.2 Å². The van der Waals surface area contributed by atoms with E-state index in [0.29, 0.717) is 11.4 Å². The third-order valence-corrected chi connectivity index (χ3v) is 3.84. The van der Waals surface area contributed by atoms with E-state index in [1.54, 1.807) is 18.3 Å². The predicted octanol–water partition coefficient (Wildman–Crippen LogP) is 2.98. The van der Waals surface area contributed by atoms with Crippen LogP contribution >= 0.6 is 0 Å². The molecule has 1 N–H and O–H groups in total. The summed E-state index contributed by atoms with van der Waals surface area (Å²) in [6, 6.07) is 6.54. The van der Waals surface area contributed by atoms with Crippen molar-refractivity contribution in [3.05, 3.63) is 58.0 Å². The molecule has 1 aliphatic rings. The van der Waals surface area contributed by atoms with Gasteiger partial charge in [-0.2, -0.15) is 4.39 Å². The first-order valence-corrected chi connectivity index (χ1v) is 7.51. The first-order chi connectivity index (χ1) is 11.6. The summed E-state index contributed by atoms with van der Waals surface area (Å²) in [6.07, 6.45) is 3.71. The van der Waals surface area contributed by atoms with Crippen LogP contribution in [0.2, 0.25) is 0 Å². The van der Waals surface area contributed by atoms with Gasteiger partial charge in [-0.05, 0) is 37.1 Å². The Labute approximate surface area is 137 Å². The second-order valence-electron chi connectivity index (χ2n) is 5.45. The van der Waals surface area contributed by atoms with Crippen molar-refractivity contribution in [2.45, 2.75) is 12.8 Å². The van der Waals surface area contributed by atoms with E-state index in [1.807, 2.05) is 4.90 Å². The lowest BCUT2D eigenvalue weighted by Crippen LogP contribution is -2.24. The molecule has 1 amide bonds. The van der Waals surface area contributed by atoms with Crippen LogP contribution in [0.4, 0.5) is 21.6 Å². The summed E-state index contributed by atoms with van der Waals surface area (Å²) in [6.45, 7) is 1.67. The van der Waals surface area contributed by atoms with Gasteiger partial charge in [-0.3, -0.25) is 14.9 Å². The van der Waals surface area contributed by atoms with Crippen molar-refractivity contribution < 1.29 is 14.1 Å². The quantitative estimate of drug-likeness (QED) is 0.688. The van der Waals surface area contributed by atoms with Gasteiger partial charge in [-0.25, -0.2) is 4.98 Å². The molecule has 0 atom stereocenters. The summed E-state index contributed by atoms with van der Waals surface area (Å²) in [5.74, 6) is -0.799. The summed E-state index contributed by atoms with van der Waals surface area (Å²) in [5.41, 5.74) is -0.144. The van der Waals surface area contributed by atoms with Gasteiger partial charge >= 0.3 is 5.69 Å². The molecule has 1 saturated heterocycles. The molecule has 3 rings (SSSR count). The van der Waals surface area contributed by atoms with Gasteiger partial charge in [-0.15, -0.1) is 0 Å². The number of nitro benzene ring substituents is 1. The Balaban J connectivity index is 1.86. The number of amides is 1. The molecule has 2 heterocycles. The molecule has 24 heavy (non-hydrogen) atoms. The highest BCUT2D eigenvalue weighted by Crippen LogP contribution is 2.25. The zero-order chi connectivity index (χ0) is 17.1. The first-order valence-electron chi connectivity index (χ1n) is 7.51. The number of rotatable bonds is 4. The van der Waals surface area contributed by atoms with E-state index < -0.39 is 22.3 Å². The van der Waals surface area contributed by atoms with Gasteiger partial charge in [0, 0.05) is 31.0 Å². The second-order valence-corrected chi connectivity index (χ2v) is 5.45. The van der Waals surface area contributed by atoms with E-state index in [1.165, 1.54) is 6.07 Å². The number of nitrogens with one attached hydrogen (secondary N) is 1. The van der Waals surface area contributed by atoms with Crippen molar-refractivity contribution in [2.75, 3.05) is 23.3 Å². The molecule has 0 radical (unpaired) electrons. The molecular formula is C16H15FN4O3. The van der Waals surface area contributed by atoms with E-state index in [9.17, 15) is 19.3 Å². The molecule has 2 aromatic rings. The van der Waals surface area contributed by atoms with E-state index in [4.69, 9.17) is 0 Å². The number of pyridine rings is 1. The molecule has 0 spiro atoms. The van der Waals surface area contributed by atoms with Gasteiger partial charge in [-0.1, -0.05) is 0 Å². The van der Waals surface area contributed by atoms with Crippen LogP contribution in [0.25, 0.3) is 0 Å². The Kier molecular flexibility index (Phi) is 4.37. The van der Waals surface area contributed by atoms with Gasteiger partial charge in [0.15, 0.2) is 0 Å². The molecular weight excluding hydrogens is 315 g/mol. The molecule has 124 valence electrons. The van der Waals surface area contributed by atoms with Crippen molar-refractivity contribution in [1.29, 1.82) is 0 Å². The summed E-state index contributed by atoms with van der Waals surface area (Å²) in [4.78, 5) is 28.8. The minimum absolute atomic E-state index is 0.157. The number of hydrogen-bond acceptors (Lipinski definition) is 5. The van der Waals surface area contributed by atoms with E-state index in [2.05, 4.69) is 10.3 Å². The number of benzene rings is 1. The van der Waals surface area contributed by atoms with Crippen LogP contribution in [0.3, 0.4) is 0 Å². The fourth-order valence-corrected chi connectivity index (χ4v) is 2.68. The van der Waals surface area contributed by atoms with Gasteiger partial charge in [0.1, 0.15) is 5.82 Å². The number of nitrogens with zero attached hydrogens (tertiary/aromatic N) is 3. The molecule has 0 bridgehead atoms. The number of nitro groups is 1. The van der Waals surface area contributed by atoms with Crippen molar-refractivity contribution in [1.82, 2.24) is 4.98 Å². The molecule has 0 aliphatic carbocycles. The van der Waals surface area contributed by atoms with E-state index in [0.717, 1.165) is 38.1 Å². The monoisotopic (exact) mass is 330 g/mol. The summed E-state index contributed by atoms with van der Waals surface area (Å²) < 4.78 is 13.4. The third-order valence-electron chi connectivity index (χ3n) is 3.84. The minimum Gasteiger partial charge on any atom is -0.356 e. The molecule has 1 aliphatic heterocycles. The fraction of sp³-hybridized carbons (Fsp3) is 0.250. The van der Waals surface area contributed by atoms with Crippen LogP contribution in [0.15, 0.2) is 36.5 Å². The fourth-order valence-electron chi connectivity index (χ4n) is 2.68. The van der Waals surface area contributed by atoms with Crippen LogP contribution in [-0.4, -0.2) is 28.9 Å². The lowest BCUT2D eigenvalue weighted by Gasteiger charge is -2.19. The van der Waals surface area contributed by atoms with Crippen LogP contribution < -0.4 is 10.2 Å². The molecule has 7 nitrogen and oxygen atoms in total. The highest BCUT2D eigenvalue weighted by Gasteiger charge is 2.21. The SMILES string of the molecule is O=C(Nc1ccc(F)c([N+](=O)[O-])c1)c1cccnc1N1CCCC1. The van der Waals surface area contributed by atoms with Gasteiger partial charge < -0.3 is 10.2 Å². The van der Waals surface area contributed by atoms with Crippen LogP contribution in [-0.2, 0) is 0 Å². The molecule has 0 saturated carbocycles. The maximum atomic E-state index is 13.4. The van der Waals surface area contributed by atoms with E-state index in [-0.39, 0.29) is 5.69 Å². The van der Waals surface area contributed by atoms with Gasteiger partial charge in [0.2, 0.25) is 5.82 Å². The highest BCUT2D eigenvalue weighted by molar-refractivity contribution is 6.07. The average Bonchev–Trinajstić information content (AvgIpc) is 3.10. The number of anilines is 2. The molecule has 0 unspecified atom stereocenters. The zero-order valence-electron chi connectivity index (χ0n) is 12.7. The summed E-state index contributed by atoms with van der Waals surface area (Å²) in [7, 11) is 0. The Bertz CT molecular complexity index is 791. The van der Waals surface area contributed by atoms with Crippen LogP contribution in [0, 0.1) is 15.9 Å². The number of hydrogen-bond donors (Lipinski definition) is 1.